The van der Waals surface area contributed by atoms with Gasteiger partial charge in [0.15, 0.2) is 0 Å². The van der Waals surface area contributed by atoms with Crippen LogP contribution in [0, 0.1) is 5.92 Å². The number of nitrogens with zero attached hydrogens (tertiary/aromatic N) is 2. The lowest BCUT2D eigenvalue weighted by Gasteiger charge is -2.33. The Morgan fingerprint density at radius 3 is 2.33 bits per heavy atom. The number of carbonyl (C=O) groups is 2. The van der Waals surface area contributed by atoms with Gasteiger partial charge < -0.3 is 9.80 Å². The minimum atomic E-state index is 0. The number of Topliss-reactive ketones (excluding diaryl/α,β-unsaturated/α-hetero) is 1. The highest BCUT2D eigenvalue weighted by Gasteiger charge is 2.25. The van der Waals surface area contributed by atoms with Crippen LogP contribution in [0.4, 0.5) is 0 Å². The van der Waals surface area contributed by atoms with Gasteiger partial charge in [0.2, 0.25) is 0 Å². The van der Waals surface area contributed by atoms with Crippen molar-refractivity contribution in [3.05, 3.63) is 69.7 Å². The molecule has 180 valence electrons. The summed E-state index contributed by atoms with van der Waals surface area (Å²) < 4.78 is 0. The minimum absolute atomic E-state index is 0. The van der Waals surface area contributed by atoms with Crippen LogP contribution in [-0.2, 0) is 4.79 Å². The van der Waals surface area contributed by atoms with E-state index in [1.165, 1.54) is 0 Å². The molecule has 0 aliphatic carbocycles. The Hall–Kier alpha value is -1.59. The zero-order valence-corrected chi connectivity index (χ0v) is 21.6. The summed E-state index contributed by atoms with van der Waals surface area (Å²) in [5.41, 5.74) is 1.77. The van der Waals surface area contributed by atoms with Crippen molar-refractivity contribution in [1.29, 1.82) is 0 Å². The predicted octanol–water partition coefficient (Wildman–Crippen LogP) is 6.35. The van der Waals surface area contributed by atoms with E-state index in [9.17, 15) is 9.59 Å². The van der Waals surface area contributed by atoms with E-state index in [2.05, 4.69) is 4.90 Å². The molecule has 7 heteroatoms. The number of likely N-dealkylation sites (tertiary alicyclic amines) is 1. The summed E-state index contributed by atoms with van der Waals surface area (Å²) in [6.07, 6.45) is 3.41. The molecule has 1 aliphatic rings. The highest BCUT2D eigenvalue weighted by Crippen LogP contribution is 2.30. The van der Waals surface area contributed by atoms with Crippen LogP contribution in [0.2, 0.25) is 10.0 Å². The lowest BCUT2D eigenvalue weighted by molar-refractivity contribution is -0.123. The molecule has 1 aliphatic heterocycles. The van der Waals surface area contributed by atoms with Crippen molar-refractivity contribution in [3.8, 4) is 0 Å². The molecule has 0 aromatic heterocycles. The maximum Gasteiger partial charge on any atom is 0.253 e. The number of hydrogen-bond acceptors (Lipinski definition) is 3. The second-order valence-electron chi connectivity index (χ2n) is 8.65. The largest absolute Gasteiger partial charge is 0.341 e. The van der Waals surface area contributed by atoms with Crippen LogP contribution in [0.5, 0.6) is 0 Å². The highest BCUT2D eigenvalue weighted by atomic mass is 35.5. The molecule has 0 unspecified atom stereocenters. The third kappa shape index (κ3) is 7.71. The van der Waals surface area contributed by atoms with Crippen molar-refractivity contribution in [2.75, 3.05) is 33.2 Å². The number of piperidine rings is 1. The van der Waals surface area contributed by atoms with E-state index >= 15 is 0 Å². The molecule has 0 saturated carbocycles. The molecule has 1 saturated heterocycles. The fourth-order valence-electron chi connectivity index (χ4n) is 4.45. The molecule has 1 fully saturated rings. The van der Waals surface area contributed by atoms with Gasteiger partial charge in [-0.05, 0) is 68.7 Å². The van der Waals surface area contributed by atoms with Gasteiger partial charge in [0.25, 0.3) is 5.91 Å². The van der Waals surface area contributed by atoms with Crippen LogP contribution in [0.15, 0.2) is 48.5 Å². The van der Waals surface area contributed by atoms with Gasteiger partial charge in [0.05, 0.1) is 10.0 Å². The number of hydrogen-bond donors (Lipinski definition) is 0. The molecule has 2 aromatic carbocycles. The zero-order chi connectivity index (χ0) is 23.1. The molecule has 0 bridgehead atoms. The molecule has 2 aromatic rings. The number of halogens is 3. The Balaban J connectivity index is 0.00000385. The van der Waals surface area contributed by atoms with Crippen molar-refractivity contribution in [2.45, 2.75) is 38.5 Å². The topological polar surface area (TPSA) is 40.6 Å². The zero-order valence-electron chi connectivity index (χ0n) is 19.3. The molecule has 3 rings (SSSR count). The Labute approximate surface area is 213 Å². The van der Waals surface area contributed by atoms with E-state index in [1.807, 2.05) is 62.5 Å². The number of ketones is 1. The van der Waals surface area contributed by atoms with E-state index < -0.39 is 0 Å². The maximum absolute atomic E-state index is 12.9. The van der Waals surface area contributed by atoms with Crippen molar-refractivity contribution < 1.29 is 9.59 Å². The summed E-state index contributed by atoms with van der Waals surface area (Å²) >= 11 is 12.4. The van der Waals surface area contributed by atoms with Gasteiger partial charge in [-0.2, -0.15) is 0 Å². The number of rotatable bonds is 9. The second-order valence-corrected chi connectivity index (χ2v) is 9.46. The van der Waals surface area contributed by atoms with Crippen LogP contribution in [0.1, 0.15) is 54.4 Å². The summed E-state index contributed by atoms with van der Waals surface area (Å²) in [7, 11) is 1.85. The summed E-state index contributed by atoms with van der Waals surface area (Å²) in [6, 6.07) is 15.1. The second kappa shape index (κ2) is 13.3. The van der Waals surface area contributed by atoms with Crippen LogP contribution in [-0.4, -0.2) is 54.7 Å². The third-order valence-corrected chi connectivity index (χ3v) is 7.20. The minimum Gasteiger partial charge on any atom is -0.341 e. The predicted molar refractivity (Wildman–Crippen MR) is 139 cm³/mol. The SMILES string of the molecule is CCC(=O)C1CCN(CC[C@H](CN(C)C(=O)c2ccccc2)c2ccc(Cl)c(Cl)c2)CC1.Cl. The van der Waals surface area contributed by atoms with Gasteiger partial charge in [-0.1, -0.05) is 54.4 Å². The quantitative estimate of drug-likeness (QED) is 0.394. The third-order valence-electron chi connectivity index (χ3n) is 6.46. The van der Waals surface area contributed by atoms with Crippen molar-refractivity contribution in [3.63, 3.8) is 0 Å². The summed E-state index contributed by atoms with van der Waals surface area (Å²) in [5.74, 6) is 0.753. The molecule has 33 heavy (non-hydrogen) atoms. The van der Waals surface area contributed by atoms with E-state index in [-0.39, 0.29) is 30.2 Å². The Morgan fingerprint density at radius 1 is 1.06 bits per heavy atom. The van der Waals surface area contributed by atoms with E-state index in [0.717, 1.165) is 44.5 Å². The van der Waals surface area contributed by atoms with Gasteiger partial charge in [-0.25, -0.2) is 0 Å². The molecule has 4 nitrogen and oxygen atoms in total. The van der Waals surface area contributed by atoms with Crippen LogP contribution < -0.4 is 0 Å². The van der Waals surface area contributed by atoms with Crippen molar-refractivity contribution in [2.24, 2.45) is 5.92 Å². The van der Waals surface area contributed by atoms with Crippen LogP contribution in [0.3, 0.4) is 0 Å². The fourth-order valence-corrected chi connectivity index (χ4v) is 4.76. The van der Waals surface area contributed by atoms with E-state index in [0.29, 0.717) is 34.4 Å². The fraction of sp³-hybridized carbons (Fsp3) is 0.462. The summed E-state index contributed by atoms with van der Waals surface area (Å²) in [4.78, 5) is 29.1. The van der Waals surface area contributed by atoms with Gasteiger partial charge in [0.1, 0.15) is 5.78 Å². The smallest absolute Gasteiger partial charge is 0.253 e. The molecule has 1 amide bonds. The number of likely N-dealkylation sites (N-methyl/N-ethyl adjacent to an activating group) is 1. The van der Waals surface area contributed by atoms with Crippen LogP contribution in [0.25, 0.3) is 0 Å². The summed E-state index contributed by atoms with van der Waals surface area (Å²) in [5, 5.41) is 1.07. The highest BCUT2D eigenvalue weighted by molar-refractivity contribution is 6.42. The van der Waals surface area contributed by atoms with E-state index in [1.54, 1.807) is 4.90 Å². The first kappa shape index (κ1) is 27.7. The van der Waals surface area contributed by atoms with Crippen LogP contribution >= 0.6 is 35.6 Å². The molecule has 0 N–H and O–H groups in total. The first-order valence-electron chi connectivity index (χ1n) is 11.4. The number of benzene rings is 2. The van der Waals surface area contributed by atoms with Gasteiger partial charge in [-0.3, -0.25) is 9.59 Å². The molecule has 0 spiro atoms. The first-order chi connectivity index (χ1) is 15.4. The standard InChI is InChI=1S/C26H32Cl2N2O2.ClH/c1-3-25(31)19-11-14-30(15-12-19)16-13-22(21-9-10-23(27)24(28)17-21)18-29(2)26(32)20-7-5-4-6-8-20;/h4-10,17,19,22H,3,11-16,18H2,1-2H3;1H/t22-;/m1./s1. The lowest BCUT2D eigenvalue weighted by Crippen LogP contribution is -2.38. The maximum atomic E-state index is 12.9. The molecular weight excluding hydrogens is 479 g/mol. The van der Waals surface area contributed by atoms with Gasteiger partial charge in [0, 0.05) is 37.4 Å². The number of amides is 1. The normalized spacial score (nSPS) is 15.5. The van der Waals surface area contributed by atoms with Crippen molar-refractivity contribution in [1.82, 2.24) is 9.80 Å². The molecule has 0 radical (unpaired) electrons. The van der Waals surface area contributed by atoms with E-state index in [4.69, 9.17) is 23.2 Å². The Kier molecular flexibility index (Phi) is 11.2. The average molecular weight is 512 g/mol. The monoisotopic (exact) mass is 510 g/mol. The number of carbonyl (C=O) groups excluding carboxylic acids is 2. The molecule has 1 atom stereocenters. The first-order valence-corrected chi connectivity index (χ1v) is 12.1. The Bertz CT molecular complexity index is 915. The Morgan fingerprint density at radius 2 is 1.73 bits per heavy atom. The van der Waals surface area contributed by atoms with Gasteiger partial charge >= 0.3 is 0 Å². The van der Waals surface area contributed by atoms with Gasteiger partial charge in [-0.15, -0.1) is 12.4 Å². The van der Waals surface area contributed by atoms with Crippen molar-refractivity contribution >= 4 is 47.3 Å². The lowest BCUT2D eigenvalue weighted by atomic mass is 9.90. The molecule has 1 heterocycles. The average Bonchev–Trinajstić information content (AvgIpc) is 2.83. The summed E-state index contributed by atoms with van der Waals surface area (Å²) in [6.45, 7) is 5.36. The molecular formula is C26H33Cl3N2O2.